The highest BCUT2D eigenvalue weighted by Gasteiger charge is 2.11. The van der Waals surface area contributed by atoms with Crippen molar-refractivity contribution in [3.63, 3.8) is 0 Å². The summed E-state index contributed by atoms with van der Waals surface area (Å²) in [6, 6.07) is 6.59. The van der Waals surface area contributed by atoms with E-state index in [0.29, 0.717) is 12.4 Å². The number of ether oxygens (including phenoxy) is 1. The molecule has 6 heteroatoms. The van der Waals surface area contributed by atoms with Gasteiger partial charge in [-0.3, -0.25) is 4.79 Å². The summed E-state index contributed by atoms with van der Waals surface area (Å²) in [7, 11) is 0. The van der Waals surface area contributed by atoms with Gasteiger partial charge < -0.3 is 9.84 Å². The molecule has 0 saturated carbocycles. The number of benzene rings is 1. The van der Waals surface area contributed by atoms with Crippen molar-refractivity contribution in [2.75, 3.05) is 6.61 Å². The molecule has 0 bridgehead atoms. The third-order valence-electron chi connectivity index (χ3n) is 2.57. The van der Waals surface area contributed by atoms with Gasteiger partial charge in [-0.05, 0) is 42.1 Å². The largest absolute Gasteiger partial charge is 0.489 e. The maximum atomic E-state index is 10.6. The molecule has 6 nitrogen and oxygen atoms in total. The molecule has 1 rings (SSSR count). The van der Waals surface area contributed by atoms with Crippen LogP contribution >= 0.6 is 0 Å². The molecule has 1 aromatic rings. The van der Waals surface area contributed by atoms with E-state index >= 15 is 0 Å². The number of hydrogen-bond donors (Lipinski definition) is 1. The predicted octanol–water partition coefficient (Wildman–Crippen LogP) is 3.86. The maximum absolute atomic E-state index is 10.6. The minimum absolute atomic E-state index is 0.0441. The lowest BCUT2D eigenvalue weighted by Gasteiger charge is -2.11. The Bertz CT molecular complexity index is 519. The van der Waals surface area contributed by atoms with Crippen LogP contribution in [0.1, 0.15) is 31.4 Å². The fourth-order valence-corrected chi connectivity index (χ4v) is 1.61. The molecule has 0 radical (unpaired) electrons. The third-order valence-corrected chi connectivity index (χ3v) is 2.57. The lowest BCUT2D eigenvalue weighted by atomic mass is 10.0. The van der Waals surface area contributed by atoms with Crippen molar-refractivity contribution in [3.8, 4) is 5.75 Å². The minimum atomic E-state index is -0.912. The van der Waals surface area contributed by atoms with Crippen molar-refractivity contribution >= 4 is 5.97 Å². The Labute approximate surface area is 117 Å². The van der Waals surface area contributed by atoms with Crippen molar-refractivity contribution in [2.24, 2.45) is 5.11 Å². The summed E-state index contributed by atoms with van der Waals surface area (Å²) < 4.78 is 5.46. The van der Waals surface area contributed by atoms with E-state index in [0.717, 1.165) is 11.1 Å². The van der Waals surface area contributed by atoms with Gasteiger partial charge in [0.1, 0.15) is 12.4 Å². The van der Waals surface area contributed by atoms with Gasteiger partial charge in [-0.25, -0.2) is 0 Å². The zero-order valence-corrected chi connectivity index (χ0v) is 11.3. The van der Waals surface area contributed by atoms with Crippen molar-refractivity contribution in [3.05, 3.63) is 52.4 Å². The highest BCUT2D eigenvalue weighted by molar-refractivity contribution is 5.66. The van der Waals surface area contributed by atoms with Crippen LogP contribution in [0.2, 0.25) is 0 Å². The van der Waals surface area contributed by atoms with Crippen LogP contribution in [0.3, 0.4) is 0 Å². The lowest BCUT2D eigenvalue weighted by Crippen LogP contribution is -2.01. The number of nitrogens with zero attached hydrogens (tertiary/aromatic N) is 3. The van der Waals surface area contributed by atoms with E-state index in [1.165, 1.54) is 0 Å². The Balaban J connectivity index is 2.74. The minimum Gasteiger partial charge on any atom is -0.489 e. The summed E-state index contributed by atoms with van der Waals surface area (Å²) in [6.07, 6.45) is 0.225. The Kier molecular flexibility index (Phi) is 6.13. The summed E-state index contributed by atoms with van der Waals surface area (Å²) >= 11 is 0. The van der Waals surface area contributed by atoms with Crippen LogP contribution in [0.4, 0.5) is 0 Å². The van der Waals surface area contributed by atoms with Gasteiger partial charge in [0.05, 0.1) is 6.04 Å². The van der Waals surface area contributed by atoms with E-state index in [1.54, 1.807) is 24.3 Å². The van der Waals surface area contributed by atoms with Crippen LogP contribution in [-0.2, 0) is 4.79 Å². The number of carbonyl (C=O) groups is 1. The molecule has 1 atom stereocenters. The van der Waals surface area contributed by atoms with Crippen LogP contribution in [0.25, 0.3) is 10.4 Å². The Morgan fingerprint density at radius 2 is 2.15 bits per heavy atom. The van der Waals surface area contributed by atoms with Gasteiger partial charge in [-0.2, -0.15) is 0 Å². The highest BCUT2D eigenvalue weighted by Crippen LogP contribution is 2.25. The zero-order chi connectivity index (χ0) is 15.0. The first-order chi connectivity index (χ1) is 9.52. The van der Waals surface area contributed by atoms with E-state index in [1.807, 2.05) is 6.92 Å². The summed E-state index contributed by atoms with van der Waals surface area (Å²) in [6.45, 7) is 6.06. The number of azide groups is 1. The Hall–Kier alpha value is -2.46. The molecule has 0 aliphatic heterocycles. The van der Waals surface area contributed by atoms with Crippen LogP contribution in [0, 0.1) is 0 Å². The third kappa shape index (κ3) is 5.46. The van der Waals surface area contributed by atoms with E-state index in [9.17, 15) is 4.79 Å². The van der Waals surface area contributed by atoms with Gasteiger partial charge >= 0.3 is 5.97 Å². The molecule has 0 fully saturated rings. The Morgan fingerprint density at radius 1 is 1.50 bits per heavy atom. The quantitative estimate of drug-likeness (QED) is 0.337. The fourth-order valence-electron chi connectivity index (χ4n) is 1.61. The summed E-state index contributed by atoms with van der Waals surface area (Å²) in [4.78, 5) is 13.3. The second-order valence-corrected chi connectivity index (χ2v) is 4.47. The monoisotopic (exact) mass is 275 g/mol. The summed E-state index contributed by atoms with van der Waals surface area (Å²) in [5.41, 5.74) is 10.2. The molecule has 0 aliphatic carbocycles. The van der Waals surface area contributed by atoms with Crippen molar-refractivity contribution in [1.29, 1.82) is 0 Å². The molecule has 0 saturated heterocycles. The molecule has 20 heavy (non-hydrogen) atoms. The second-order valence-electron chi connectivity index (χ2n) is 4.47. The van der Waals surface area contributed by atoms with Crippen LogP contribution < -0.4 is 4.74 Å². The molecule has 0 spiro atoms. The first-order valence-corrected chi connectivity index (χ1v) is 6.16. The molecule has 1 aromatic carbocycles. The van der Waals surface area contributed by atoms with Gasteiger partial charge in [0, 0.05) is 11.3 Å². The maximum Gasteiger partial charge on any atom is 0.303 e. The number of carboxylic acids is 1. The van der Waals surface area contributed by atoms with Gasteiger partial charge in [0.15, 0.2) is 0 Å². The molecular formula is C14H17N3O3. The fraction of sp³-hybridized carbons (Fsp3) is 0.357. The number of hydrogen-bond acceptors (Lipinski definition) is 3. The summed E-state index contributed by atoms with van der Waals surface area (Å²) in [5, 5.41) is 12.3. The number of aliphatic carboxylic acids is 1. The smallest absolute Gasteiger partial charge is 0.303 e. The molecule has 1 N–H and O–H groups in total. The van der Waals surface area contributed by atoms with E-state index in [4.69, 9.17) is 15.4 Å². The van der Waals surface area contributed by atoms with Gasteiger partial charge in [-0.15, -0.1) is 0 Å². The SMILES string of the molecule is C=C(C)COc1ccc(C(CCC(=O)O)N=[N+]=[N-])cc1. The number of carboxylic acid groups (broad SMARTS) is 1. The second kappa shape index (κ2) is 7.86. The van der Waals surface area contributed by atoms with Gasteiger partial charge in [-0.1, -0.05) is 23.8 Å². The highest BCUT2D eigenvalue weighted by atomic mass is 16.5. The zero-order valence-electron chi connectivity index (χ0n) is 11.3. The van der Waals surface area contributed by atoms with Crippen molar-refractivity contribution in [2.45, 2.75) is 25.8 Å². The van der Waals surface area contributed by atoms with Crippen LogP contribution in [0.15, 0.2) is 41.5 Å². The first-order valence-electron chi connectivity index (χ1n) is 6.16. The molecule has 0 heterocycles. The standard InChI is InChI=1S/C14H17N3O3/c1-10(2)9-20-12-5-3-11(4-6-12)13(16-17-15)7-8-14(18)19/h3-6,13H,1,7-9H2,2H3,(H,18,19). The number of rotatable bonds is 8. The molecule has 1 unspecified atom stereocenters. The average Bonchev–Trinajstić information content (AvgIpc) is 2.41. The molecule has 0 amide bonds. The molecule has 0 aromatic heterocycles. The van der Waals surface area contributed by atoms with Crippen LogP contribution in [-0.4, -0.2) is 17.7 Å². The first kappa shape index (κ1) is 15.6. The van der Waals surface area contributed by atoms with E-state index in [-0.39, 0.29) is 12.8 Å². The lowest BCUT2D eigenvalue weighted by molar-refractivity contribution is -0.137. The van der Waals surface area contributed by atoms with Gasteiger partial charge in [0.2, 0.25) is 0 Å². The predicted molar refractivity (Wildman–Crippen MR) is 75.5 cm³/mol. The topological polar surface area (TPSA) is 95.3 Å². The average molecular weight is 275 g/mol. The van der Waals surface area contributed by atoms with Gasteiger partial charge in [0.25, 0.3) is 0 Å². The normalized spacial score (nSPS) is 11.2. The molecule has 0 aliphatic rings. The van der Waals surface area contributed by atoms with Crippen molar-refractivity contribution in [1.82, 2.24) is 0 Å². The molecular weight excluding hydrogens is 258 g/mol. The van der Waals surface area contributed by atoms with Crippen LogP contribution in [0.5, 0.6) is 5.75 Å². The Morgan fingerprint density at radius 3 is 2.65 bits per heavy atom. The molecule has 106 valence electrons. The van der Waals surface area contributed by atoms with E-state index < -0.39 is 12.0 Å². The van der Waals surface area contributed by atoms with Crippen molar-refractivity contribution < 1.29 is 14.6 Å². The summed E-state index contributed by atoms with van der Waals surface area (Å²) in [5.74, 6) is -0.223. The van der Waals surface area contributed by atoms with E-state index in [2.05, 4.69) is 16.6 Å².